The molecule has 0 fully saturated rings. The van der Waals surface area contributed by atoms with Crippen molar-refractivity contribution < 1.29 is 19.2 Å². The first-order valence-electron chi connectivity index (χ1n) is 0.894. The quantitative estimate of drug-likeness (QED) is 0.243. The zero-order valence-electron chi connectivity index (χ0n) is 3.00. The van der Waals surface area contributed by atoms with Crippen molar-refractivity contribution in [3.63, 3.8) is 0 Å². The SMILES string of the molecule is O[Si](O)(O)O.P.[CaH2].[KH]. The van der Waals surface area contributed by atoms with Gasteiger partial charge in [-0.2, -0.15) is 9.90 Å². The minimum atomic E-state index is -4.61. The van der Waals surface area contributed by atoms with Crippen LogP contribution in [0, 0.1) is 0 Å². The standard InChI is InChI=1S/Ca.K.H4O4Si.H3P.3H/c;;1-5(2,3)4;;;;/h;;1-4H;1H3;;;. The summed E-state index contributed by atoms with van der Waals surface area (Å²) in [5.74, 6) is 0. The van der Waals surface area contributed by atoms with Crippen molar-refractivity contribution in [1.29, 1.82) is 0 Å². The summed E-state index contributed by atoms with van der Waals surface area (Å²) in [4.78, 5) is 29.3. The van der Waals surface area contributed by atoms with Crippen molar-refractivity contribution in [2.45, 2.75) is 0 Å². The van der Waals surface area contributed by atoms with Gasteiger partial charge in [0.1, 0.15) is 0 Å². The predicted molar refractivity (Wildman–Crippen MR) is 41.4 cm³/mol. The molecule has 46 valence electrons. The van der Waals surface area contributed by atoms with Crippen LogP contribution in [0.2, 0.25) is 0 Å². The Morgan fingerprint density at radius 1 is 0.875 bits per heavy atom. The van der Waals surface area contributed by atoms with E-state index in [2.05, 4.69) is 0 Å². The molecule has 0 aromatic rings. The second-order valence-electron chi connectivity index (χ2n) is 0.600. The van der Waals surface area contributed by atoms with Crippen molar-refractivity contribution in [2.75, 3.05) is 0 Å². The average Bonchev–Trinajstić information content (AvgIpc) is 0.722. The molecule has 0 rings (SSSR count). The molecule has 0 aliphatic carbocycles. The maximum absolute atomic E-state index is 7.33. The van der Waals surface area contributed by atoms with Gasteiger partial charge in [0.15, 0.2) is 0 Å². The summed E-state index contributed by atoms with van der Waals surface area (Å²) in [6.07, 6.45) is 0. The molecule has 4 N–H and O–H groups in total. The molecule has 0 aromatic heterocycles. The Hall–Kier alpha value is 3.38. The van der Waals surface area contributed by atoms with E-state index < -0.39 is 9.05 Å². The van der Waals surface area contributed by atoms with E-state index in [0.717, 1.165) is 0 Å². The summed E-state index contributed by atoms with van der Waals surface area (Å²) >= 11 is 0. The van der Waals surface area contributed by atoms with Gasteiger partial charge in [-0.1, -0.05) is 0 Å². The maximum atomic E-state index is 7.33. The summed E-state index contributed by atoms with van der Waals surface area (Å²) < 4.78 is 0. The van der Waals surface area contributed by atoms with Crippen LogP contribution in [0.5, 0.6) is 0 Å². The Morgan fingerprint density at radius 2 is 0.875 bits per heavy atom. The topological polar surface area (TPSA) is 80.9 Å². The fraction of sp³-hybridized carbons (Fsp3) is 0. The fourth-order valence-electron chi connectivity index (χ4n) is 0. The van der Waals surface area contributed by atoms with Crippen LogP contribution in [0.4, 0.5) is 0 Å². The summed E-state index contributed by atoms with van der Waals surface area (Å²) in [7, 11) is -4.61. The number of hydrogen-bond donors (Lipinski definition) is 4. The Bertz CT molecular complexity index is 31.5. The molecule has 1 atom stereocenters. The van der Waals surface area contributed by atoms with Crippen molar-refractivity contribution in [3.05, 3.63) is 0 Å². The molecule has 1 unspecified atom stereocenters. The molecule has 0 saturated heterocycles. The van der Waals surface area contributed by atoms with E-state index in [1.165, 1.54) is 0 Å². The first-order valence-corrected chi connectivity index (χ1v) is 2.68. The predicted octanol–water partition coefficient (Wildman–Crippen LogP) is -4.12. The van der Waals surface area contributed by atoms with Gasteiger partial charge in [0.2, 0.25) is 0 Å². The molecule has 0 spiro atoms. The van der Waals surface area contributed by atoms with Crippen LogP contribution in [0.25, 0.3) is 0 Å². The van der Waals surface area contributed by atoms with Gasteiger partial charge in [-0.15, -0.1) is 0 Å². The summed E-state index contributed by atoms with van der Waals surface area (Å²) in [5, 5.41) is 0. The Morgan fingerprint density at radius 3 is 0.875 bits per heavy atom. The molecule has 4 nitrogen and oxygen atoms in total. The zero-order chi connectivity index (χ0) is 4.50. The van der Waals surface area contributed by atoms with Gasteiger partial charge in [0.25, 0.3) is 0 Å². The van der Waals surface area contributed by atoms with Crippen molar-refractivity contribution >= 4 is 108 Å². The van der Waals surface area contributed by atoms with E-state index in [0.29, 0.717) is 0 Å². The molecular weight excluding hydrogens is 202 g/mol. The first kappa shape index (κ1) is 22.5. The van der Waals surface area contributed by atoms with Crippen LogP contribution in [-0.4, -0.2) is 117 Å². The molecular formula is H10CaKO4PSi. The summed E-state index contributed by atoms with van der Waals surface area (Å²) in [5.41, 5.74) is 0. The van der Waals surface area contributed by atoms with Crippen molar-refractivity contribution in [2.24, 2.45) is 0 Å². The molecule has 8 heteroatoms. The van der Waals surface area contributed by atoms with Crippen LogP contribution >= 0.6 is 9.90 Å². The van der Waals surface area contributed by atoms with Gasteiger partial charge in [0.05, 0.1) is 0 Å². The molecule has 0 heterocycles. The third-order valence-corrected chi connectivity index (χ3v) is 0. The van der Waals surface area contributed by atoms with Crippen LogP contribution in [0.3, 0.4) is 0 Å². The summed E-state index contributed by atoms with van der Waals surface area (Å²) in [6.45, 7) is 0. The normalized spacial score (nSPS) is 7.50. The third-order valence-electron chi connectivity index (χ3n) is 0. The molecule has 8 heavy (non-hydrogen) atoms. The number of rotatable bonds is 0. The van der Waals surface area contributed by atoms with Crippen LogP contribution in [0.15, 0.2) is 0 Å². The van der Waals surface area contributed by atoms with Gasteiger partial charge in [-0.3, -0.25) is 0 Å². The van der Waals surface area contributed by atoms with Crippen molar-refractivity contribution in [3.8, 4) is 0 Å². The molecule has 0 aliphatic rings. The molecule has 0 aliphatic heterocycles. The molecule has 0 bridgehead atoms. The second-order valence-corrected chi connectivity index (χ2v) is 1.80. The van der Waals surface area contributed by atoms with Crippen LogP contribution in [-0.2, 0) is 0 Å². The summed E-state index contributed by atoms with van der Waals surface area (Å²) in [6, 6.07) is 0. The van der Waals surface area contributed by atoms with E-state index in [1.54, 1.807) is 0 Å². The Kier molecular flexibility index (Phi) is 29.2. The molecule has 0 amide bonds. The van der Waals surface area contributed by atoms with Crippen LogP contribution in [0.1, 0.15) is 0 Å². The Labute approximate surface area is 124 Å². The van der Waals surface area contributed by atoms with Crippen molar-refractivity contribution in [1.82, 2.24) is 0 Å². The van der Waals surface area contributed by atoms with E-state index in [4.69, 9.17) is 19.2 Å². The number of hydrogen-bond acceptors (Lipinski definition) is 4. The Balaban J connectivity index is -0.0000000267. The van der Waals surface area contributed by atoms with Crippen LogP contribution < -0.4 is 0 Å². The van der Waals surface area contributed by atoms with E-state index >= 15 is 0 Å². The molecule has 0 saturated carbocycles. The van der Waals surface area contributed by atoms with Gasteiger partial charge < -0.3 is 19.2 Å². The first-order chi connectivity index (χ1) is 2.00. The molecule has 0 aromatic carbocycles. The fourth-order valence-corrected chi connectivity index (χ4v) is 0. The van der Waals surface area contributed by atoms with E-state index in [1.807, 2.05) is 0 Å². The zero-order valence-corrected chi connectivity index (χ0v) is 5.41. The minimum absolute atomic E-state index is 0. The third kappa shape index (κ3) is 57.6. The average molecular weight is 212 g/mol. The van der Waals surface area contributed by atoms with E-state index in [-0.39, 0.29) is 99.0 Å². The van der Waals surface area contributed by atoms with Gasteiger partial charge in [0, 0.05) is 0 Å². The second kappa shape index (κ2) is 10.4. The van der Waals surface area contributed by atoms with E-state index in [9.17, 15) is 0 Å². The van der Waals surface area contributed by atoms with Gasteiger partial charge >= 0.3 is 98.2 Å². The monoisotopic (exact) mass is 212 g/mol. The molecule has 0 radical (unpaired) electrons. The van der Waals surface area contributed by atoms with Gasteiger partial charge in [-0.05, 0) is 0 Å². The van der Waals surface area contributed by atoms with Gasteiger partial charge in [-0.25, -0.2) is 0 Å².